The van der Waals surface area contributed by atoms with Gasteiger partial charge in [-0.15, -0.1) is 0 Å². The van der Waals surface area contributed by atoms with E-state index in [1.54, 1.807) is 56.3 Å². The van der Waals surface area contributed by atoms with Gasteiger partial charge in [-0.3, -0.25) is 4.79 Å². The molecule has 1 amide bonds. The summed E-state index contributed by atoms with van der Waals surface area (Å²) in [6.07, 6.45) is 0. The summed E-state index contributed by atoms with van der Waals surface area (Å²) in [6.45, 7) is 3.44. The fourth-order valence-electron chi connectivity index (χ4n) is 2.55. The first-order chi connectivity index (χ1) is 14.2. The molecule has 4 nitrogen and oxygen atoms in total. The predicted octanol–water partition coefficient (Wildman–Crippen LogP) is 6.58. The first kappa shape index (κ1) is 22.1. The Hall–Kier alpha value is -2.59. The summed E-state index contributed by atoms with van der Waals surface area (Å²) in [7, 11) is 0. The van der Waals surface area contributed by atoms with E-state index in [1.807, 2.05) is 0 Å². The Morgan fingerprint density at radius 1 is 1.13 bits per heavy atom. The Balaban J connectivity index is 1.88. The summed E-state index contributed by atoms with van der Waals surface area (Å²) >= 11 is 13.3. The minimum atomic E-state index is -0.980. The summed E-state index contributed by atoms with van der Waals surface area (Å²) in [6, 6.07) is 16.3. The van der Waals surface area contributed by atoms with Crippen LogP contribution in [0.25, 0.3) is 11.3 Å². The van der Waals surface area contributed by atoms with Gasteiger partial charge in [0.15, 0.2) is 0 Å². The van der Waals surface area contributed by atoms with Crippen LogP contribution in [0.15, 0.2) is 59.6 Å². The van der Waals surface area contributed by atoms with Gasteiger partial charge in [0.2, 0.25) is 5.91 Å². The molecule has 30 heavy (non-hydrogen) atoms. The lowest BCUT2D eigenvalue weighted by molar-refractivity contribution is -0.117. The van der Waals surface area contributed by atoms with E-state index in [1.165, 1.54) is 12.1 Å². The fourth-order valence-corrected chi connectivity index (χ4v) is 3.89. The number of carbonyl (C=O) groups is 1. The molecule has 3 aromatic rings. The van der Waals surface area contributed by atoms with Gasteiger partial charge in [-0.25, -0.2) is 9.37 Å². The summed E-state index contributed by atoms with van der Waals surface area (Å²) < 4.78 is 12.2. The maximum Gasteiger partial charge on any atom is 0.240 e. The average Bonchev–Trinajstić information content (AvgIpc) is 2.71. The third-order valence-corrected chi connectivity index (χ3v) is 6.24. The topological polar surface area (TPSA) is 65.8 Å². The standard InChI is InChI=1S/C22H16Cl2FN3OS/c1-22(2,21(29)28-18-5-3-4-16(23)19(18)24)30-20-14(12-26)8-11-17(27-20)13-6-9-15(25)10-7-13/h3-11H,1-2H3,(H,28,29). The molecular weight excluding hydrogens is 444 g/mol. The first-order valence-electron chi connectivity index (χ1n) is 8.83. The van der Waals surface area contributed by atoms with Gasteiger partial charge in [0.25, 0.3) is 0 Å². The minimum Gasteiger partial charge on any atom is -0.324 e. The van der Waals surface area contributed by atoms with Crippen LogP contribution in [-0.4, -0.2) is 15.6 Å². The third kappa shape index (κ3) is 4.93. The van der Waals surface area contributed by atoms with Crippen molar-refractivity contribution in [3.63, 3.8) is 0 Å². The number of hydrogen-bond donors (Lipinski definition) is 1. The van der Waals surface area contributed by atoms with Crippen molar-refractivity contribution in [2.75, 3.05) is 5.32 Å². The van der Waals surface area contributed by atoms with E-state index in [9.17, 15) is 14.4 Å². The highest BCUT2D eigenvalue weighted by Crippen LogP contribution is 2.37. The lowest BCUT2D eigenvalue weighted by atomic mass is 10.1. The zero-order valence-corrected chi connectivity index (χ0v) is 18.4. The van der Waals surface area contributed by atoms with Crippen molar-refractivity contribution in [2.45, 2.75) is 23.6 Å². The van der Waals surface area contributed by atoms with Crippen LogP contribution in [0.1, 0.15) is 19.4 Å². The molecule has 0 aliphatic heterocycles. The Morgan fingerprint density at radius 3 is 2.50 bits per heavy atom. The van der Waals surface area contributed by atoms with Crippen LogP contribution in [0.4, 0.5) is 10.1 Å². The second-order valence-electron chi connectivity index (χ2n) is 6.84. The zero-order valence-electron chi connectivity index (χ0n) is 16.0. The molecule has 0 saturated heterocycles. The summed E-state index contributed by atoms with van der Waals surface area (Å²) in [5.41, 5.74) is 2.02. The minimum absolute atomic E-state index is 0.252. The van der Waals surface area contributed by atoms with Crippen LogP contribution in [-0.2, 0) is 4.79 Å². The van der Waals surface area contributed by atoms with E-state index in [4.69, 9.17) is 23.2 Å². The number of nitriles is 1. The number of rotatable bonds is 5. The molecule has 1 heterocycles. The van der Waals surface area contributed by atoms with E-state index in [-0.39, 0.29) is 16.7 Å². The third-order valence-electron chi connectivity index (χ3n) is 4.22. The molecule has 1 aromatic heterocycles. The van der Waals surface area contributed by atoms with Crippen LogP contribution in [0.5, 0.6) is 0 Å². The number of benzene rings is 2. The summed E-state index contributed by atoms with van der Waals surface area (Å²) in [4.78, 5) is 17.4. The van der Waals surface area contributed by atoms with E-state index < -0.39 is 4.75 Å². The number of halogens is 3. The Morgan fingerprint density at radius 2 is 1.83 bits per heavy atom. The SMILES string of the molecule is CC(C)(Sc1nc(-c2ccc(F)cc2)ccc1C#N)C(=O)Nc1cccc(Cl)c1Cl. The van der Waals surface area contributed by atoms with Crippen LogP contribution in [0, 0.1) is 17.1 Å². The lowest BCUT2D eigenvalue weighted by Gasteiger charge is -2.23. The molecular formula is C22H16Cl2FN3OS. The van der Waals surface area contributed by atoms with Gasteiger partial charge in [-0.2, -0.15) is 5.26 Å². The number of carbonyl (C=O) groups excluding carboxylic acids is 1. The molecule has 8 heteroatoms. The molecule has 0 bridgehead atoms. The van der Waals surface area contributed by atoms with Crippen molar-refractivity contribution >= 4 is 46.6 Å². The monoisotopic (exact) mass is 459 g/mol. The van der Waals surface area contributed by atoms with E-state index in [0.717, 1.165) is 11.8 Å². The van der Waals surface area contributed by atoms with Gasteiger partial charge in [0.05, 0.1) is 31.7 Å². The van der Waals surface area contributed by atoms with Gasteiger partial charge in [0.1, 0.15) is 16.9 Å². The molecule has 0 unspecified atom stereocenters. The van der Waals surface area contributed by atoms with Gasteiger partial charge in [-0.1, -0.05) is 41.0 Å². The van der Waals surface area contributed by atoms with Gasteiger partial charge in [-0.05, 0) is 62.4 Å². The number of hydrogen-bond acceptors (Lipinski definition) is 4. The molecule has 0 saturated carbocycles. The molecule has 0 aliphatic carbocycles. The number of aromatic nitrogens is 1. The van der Waals surface area contributed by atoms with Crippen molar-refractivity contribution in [3.05, 3.63) is 76.0 Å². The number of nitrogens with zero attached hydrogens (tertiary/aromatic N) is 2. The molecule has 0 atom stereocenters. The van der Waals surface area contributed by atoms with E-state index >= 15 is 0 Å². The Labute approximate surface area is 188 Å². The highest BCUT2D eigenvalue weighted by molar-refractivity contribution is 8.01. The molecule has 0 spiro atoms. The van der Waals surface area contributed by atoms with Crippen LogP contribution in [0.3, 0.4) is 0 Å². The number of pyridine rings is 1. The second-order valence-corrected chi connectivity index (χ2v) is 9.23. The Bertz CT molecular complexity index is 1140. The first-order valence-corrected chi connectivity index (χ1v) is 10.4. The summed E-state index contributed by atoms with van der Waals surface area (Å²) in [5, 5.41) is 13.2. The van der Waals surface area contributed by atoms with Crippen molar-refractivity contribution in [2.24, 2.45) is 0 Å². The van der Waals surface area contributed by atoms with E-state index in [0.29, 0.717) is 32.6 Å². The maximum atomic E-state index is 13.2. The quantitative estimate of drug-likeness (QED) is 0.437. The normalized spacial score (nSPS) is 11.1. The molecule has 0 aliphatic rings. The van der Waals surface area contributed by atoms with Crippen LogP contribution < -0.4 is 5.32 Å². The number of nitrogens with one attached hydrogen (secondary N) is 1. The van der Waals surface area contributed by atoms with Crippen molar-refractivity contribution < 1.29 is 9.18 Å². The van der Waals surface area contributed by atoms with Crippen LogP contribution >= 0.6 is 35.0 Å². The predicted molar refractivity (Wildman–Crippen MR) is 119 cm³/mol. The molecule has 0 fully saturated rings. The zero-order chi connectivity index (χ0) is 21.9. The van der Waals surface area contributed by atoms with Gasteiger partial charge < -0.3 is 5.32 Å². The maximum absolute atomic E-state index is 13.2. The molecule has 152 valence electrons. The van der Waals surface area contributed by atoms with Crippen molar-refractivity contribution in [1.82, 2.24) is 4.98 Å². The molecule has 1 N–H and O–H groups in total. The second kappa shape index (κ2) is 9.05. The van der Waals surface area contributed by atoms with Crippen molar-refractivity contribution in [3.8, 4) is 17.3 Å². The number of thioether (sulfide) groups is 1. The Kier molecular flexibility index (Phi) is 6.67. The fraction of sp³-hybridized carbons (Fsp3) is 0.136. The highest BCUT2D eigenvalue weighted by atomic mass is 35.5. The van der Waals surface area contributed by atoms with Crippen LogP contribution in [0.2, 0.25) is 10.0 Å². The smallest absolute Gasteiger partial charge is 0.240 e. The number of amides is 1. The highest BCUT2D eigenvalue weighted by Gasteiger charge is 2.31. The molecule has 2 aromatic carbocycles. The molecule has 0 radical (unpaired) electrons. The molecule has 3 rings (SSSR count). The van der Waals surface area contributed by atoms with Crippen molar-refractivity contribution in [1.29, 1.82) is 5.26 Å². The largest absolute Gasteiger partial charge is 0.324 e. The van der Waals surface area contributed by atoms with Gasteiger partial charge >= 0.3 is 0 Å². The van der Waals surface area contributed by atoms with E-state index in [2.05, 4.69) is 16.4 Å². The number of anilines is 1. The average molecular weight is 460 g/mol. The lowest BCUT2D eigenvalue weighted by Crippen LogP contribution is -2.34. The van der Waals surface area contributed by atoms with Gasteiger partial charge in [0, 0.05) is 5.56 Å². The summed E-state index contributed by atoms with van der Waals surface area (Å²) in [5.74, 6) is -0.672.